The summed E-state index contributed by atoms with van der Waals surface area (Å²) in [7, 11) is -4.15. The van der Waals surface area contributed by atoms with Crippen LogP contribution in [0.15, 0.2) is 41.3 Å². The number of aliphatic hydroxyl groups is 1. The van der Waals surface area contributed by atoms with Crippen molar-refractivity contribution in [3.05, 3.63) is 53.6 Å². The molecule has 2 aromatic carbocycles. The molecule has 1 amide bonds. The minimum Gasteiger partial charge on any atom is -0.443 e. The van der Waals surface area contributed by atoms with Crippen molar-refractivity contribution in [2.75, 3.05) is 31.6 Å². The van der Waals surface area contributed by atoms with Gasteiger partial charge in [0, 0.05) is 37.3 Å². The summed E-state index contributed by atoms with van der Waals surface area (Å²) in [4.78, 5) is 18.1. The van der Waals surface area contributed by atoms with Gasteiger partial charge < -0.3 is 35.3 Å². The third kappa shape index (κ3) is 9.52. The fourth-order valence-corrected chi connectivity index (χ4v) is 9.42. The molecule has 3 heterocycles. The van der Waals surface area contributed by atoms with E-state index in [4.69, 9.17) is 14.2 Å². The number of alkyl carbamates (subject to hydrolysis) is 1. The summed E-state index contributed by atoms with van der Waals surface area (Å²) in [6, 6.07) is 7.02. The first-order valence-corrected chi connectivity index (χ1v) is 19.8. The van der Waals surface area contributed by atoms with Gasteiger partial charge in [0.15, 0.2) is 11.4 Å². The molecule has 2 aliphatic heterocycles. The molecular formula is C35H47F2N5O7S2. The molecule has 1 saturated carbocycles. The molecule has 6 atom stereocenters. The number of thiazole rings is 1. The first-order chi connectivity index (χ1) is 24.2. The number of anilines is 1. The molecule has 0 spiro atoms. The summed E-state index contributed by atoms with van der Waals surface area (Å²) in [5.74, 6) is -2.05. The van der Waals surface area contributed by atoms with E-state index in [1.165, 1.54) is 21.7 Å². The molecule has 3 aliphatic rings. The van der Waals surface area contributed by atoms with Crippen molar-refractivity contribution in [2.24, 2.45) is 11.8 Å². The number of amides is 1. The van der Waals surface area contributed by atoms with E-state index in [0.717, 1.165) is 36.2 Å². The van der Waals surface area contributed by atoms with Crippen LogP contribution in [0, 0.1) is 23.5 Å². The molecule has 1 aromatic heterocycles. The number of benzene rings is 2. The van der Waals surface area contributed by atoms with E-state index in [1.807, 2.05) is 27.7 Å². The van der Waals surface area contributed by atoms with Gasteiger partial charge in [0.25, 0.3) is 0 Å². The van der Waals surface area contributed by atoms with Crippen molar-refractivity contribution >= 4 is 42.8 Å². The normalized spacial score (nSPS) is 23.5. The zero-order valence-corrected chi connectivity index (χ0v) is 30.8. The van der Waals surface area contributed by atoms with Gasteiger partial charge in [-0.15, -0.1) is 0 Å². The molecule has 0 unspecified atom stereocenters. The molecular weight excluding hydrogens is 705 g/mol. The topological polar surface area (TPSA) is 151 Å². The Morgan fingerprint density at radius 2 is 1.82 bits per heavy atom. The van der Waals surface area contributed by atoms with Crippen LogP contribution >= 0.6 is 11.3 Å². The Morgan fingerprint density at radius 1 is 1.08 bits per heavy atom. The van der Waals surface area contributed by atoms with Gasteiger partial charge in [-0.25, -0.2) is 27.0 Å². The number of hydrogen-bond acceptors (Lipinski definition) is 11. The number of ether oxygens (including phenoxy) is 3. The van der Waals surface area contributed by atoms with E-state index in [1.54, 1.807) is 12.1 Å². The molecule has 280 valence electrons. The maximum atomic E-state index is 14.2. The summed E-state index contributed by atoms with van der Waals surface area (Å²) < 4.78 is 76.0. The van der Waals surface area contributed by atoms with Crippen LogP contribution in [0.1, 0.15) is 52.5 Å². The molecule has 0 bridgehead atoms. The van der Waals surface area contributed by atoms with Gasteiger partial charge in [-0.05, 0) is 67.5 Å². The summed E-state index contributed by atoms with van der Waals surface area (Å²) in [6.07, 6.45) is -0.970. The van der Waals surface area contributed by atoms with Gasteiger partial charge >= 0.3 is 6.09 Å². The van der Waals surface area contributed by atoms with Crippen molar-refractivity contribution in [3.63, 3.8) is 0 Å². The van der Waals surface area contributed by atoms with Crippen LogP contribution in [0.2, 0.25) is 0 Å². The Morgan fingerprint density at radius 3 is 2.51 bits per heavy atom. The smallest absolute Gasteiger partial charge is 0.407 e. The second kappa shape index (κ2) is 15.9. The van der Waals surface area contributed by atoms with Crippen LogP contribution in [0.5, 0.6) is 0 Å². The van der Waals surface area contributed by atoms with E-state index in [0.29, 0.717) is 29.3 Å². The zero-order chi connectivity index (χ0) is 36.4. The van der Waals surface area contributed by atoms with Crippen LogP contribution in [0.25, 0.3) is 10.2 Å². The standard InChI is InChI=1S/C35H47F2N5O7S2/c1-19(2)16-42(51(45,46)25-7-8-26-31(15-25)50-34(40-26)39-24-5-6-24)17-29(43)28(13-21-11-22(36)14-23(37)12-21)41-35(44)49-30-18-48-33-32(30)27(9-10-47-33)38-20(3)4/h7-8,11-12,14-15,19-20,24,27-30,32-33,38,43H,5-6,9-10,13,16-18H2,1-4H3,(H,39,40)(H,41,44)/t27-,28+,29-,30-,32-,33+/m1/s1. The Hall–Kier alpha value is -2.99. The summed E-state index contributed by atoms with van der Waals surface area (Å²) in [5, 5.41) is 21.9. The fraction of sp³-hybridized carbons (Fsp3) is 0.600. The molecule has 0 radical (unpaired) electrons. The molecule has 3 fully saturated rings. The molecule has 3 aromatic rings. The Balaban J connectivity index is 1.22. The van der Waals surface area contributed by atoms with Crippen LogP contribution in [0.3, 0.4) is 0 Å². The van der Waals surface area contributed by atoms with Crippen molar-refractivity contribution in [1.29, 1.82) is 0 Å². The highest BCUT2D eigenvalue weighted by atomic mass is 32.2. The molecule has 16 heteroatoms. The van der Waals surface area contributed by atoms with Crippen LogP contribution in [0.4, 0.5) is 18.7 Å². The van der Waals surface area contributed by atoms with Crippen LogP contribution in [-0.2, 0) is 30.7 Å². The first-order valence-electron chi connectivity index (χ1n) is 17.5. The number of aliphatic hydroxyl groups excluding tert-OH is 1. The number of nitrogens with zero attached hydrogens (tertiary/aromatic N) is 2. The minimum absolute atomic E-state index is 0.0271. The molecule has 4 N–H and O–H groups in total. The summed E-state index contributed by atoms with van der Waals surface area (Å²) in [6.45, 7) is 8.00. The molecule has 51 heavy (non-hydrogen) atoms. The Bertz CT molecular complexity index is 1770. The SMILES string of the molecule is CC(C)CN(C[C@@H](O)[C@H](Cc1cc(F)cc(F)c1)NC(=O)O[C@@H]1CO[C@@H]2OCC[C@@H](NC(C)C)[C@@H]21)S(=O)(=O)c1ccc2nc(NC3CC3)sc2c1. The fourth-order valence-electron chi connectivity index (χ4n) is 6.72. The molecule has 2 saturated heterocycles. The van der Waals surface area contributed by atoms with E-state index in [-0.39, 0.29) is 54.0 Å². The lowest BCUT2D eigenvalue weighted by molar-refractivity contribution is -0.161. The second-order valence-electron chi connectivity index (χ2n) is 14.4. The summed E-state index contributed by atoms with van der Waals surface area (Å²) in [5.41, 5.74) is 0.834. The van der Waals surface area contributed by atoms with Crippen LogP contribution < -0.4 is 16.0 Å². The Labute approximate surface area is 301 Å². The number of hydrogen-bond donors (Lipinski definition) is 4. The molecule has 1 aliphatic carbocycles. The van der Waals surface area contributed by atoms with E-state index in [9.17, 15) is 27.1 Å². The molecule has 12 nitrogen and oxygen atoms in total. The lowest BCUT2D eigenvalue weighted by atomic mass is 9.90. The third-order valence-electron chi connectivity index (χ3n) is 9.16. The number of aromatic nitrogens is 1. The number of fused-ring (bicyclic) bond motifs is 2. The lowest BCUT2D eigenvalue weighted by Gasteiger charge is -2.36. The molecule has 6 rings (SSSR count). The predicted molar refractivity (Wildman–Crippen MR) is 189 cm³/mol. The van der Waals surface area contributed by atoms with E-state index < -0.39 is 58.8 Å². The number of sulfonamides is 1. The predicted octanol–water partition coefficient (Wildman–Crippen LogP) is 4.62. The number of rotatable bonds is 15. The number of halogens is 2. The van der Waals surface area contributed by atoms with Crippen molar-refractivity contribution in [2.45, 2.75) is 101 Å². The van der Waals surface area contributed by atoms with E-state index >= 15 is 0 Å². The lowest BCUT2D eigenvalue weighted by Crippen LogP contribution is -2.54. The number of carbonyl (C=O) groups is 1. The number of carbonyl (C=O) groups excluding carboxylic acids is 1. The maximum Gasteiger partial charge on any atom is 0.407 e. The highest BCUT2D eigenvalue weighted by Gasteiger charge is 2.48. The minimum atomic E-state index is -4.15. The largest absolute Gasteiger partial charge is 0.443 e. The average molecular weight is 752 g/mol. The average Bonchev–Trinajstić information content (AvgIpc) is 3.61. The van der Waals surface area contributed by atoms with Crippen molar-refractivity contribution in [1.82, 2.24) is 19.9 Å². The maximum absolute atomic E-state index is 14.2. The van der Waals surface area contributed by atoms with Gasteiger partial charge in [-0.3, -0.25) is 0 Å². The summed E-state index contributed by atoms with van der Waals surface area (Å²) >= 11 is 1.38. The zero-order valence-electron chi connectivity index (χ0n) is 29.2. The Kier molecular flexibility index (Phi) is 11.8. The van der Waals surface area contributed by atoms with Gasteiger partial charge in [0.05, 0.1) is 46.4 Å². The highest BCUT2D eigenvalue weighted by Crippen LogP contribution is 2.34. The van der Waals surface area contributed by atoms with Crippen molar-refractivity contribution in [3.8, 4) is 0 Å². The van der Waals surface area contributed by atoms with Crippen molar-refractivity contribution < 1.29 is 41.3 Å². The number of nitrogens with one attached hydrogen (secondary N) is 3. The van der Waals surface area contributed by atoms with Crippen LogP contribution in [-0.4, -0.2) is 97.9 Å². The quantitative estimate of drug-likeness (QED) is 0.173. The highest BCUT2D eigenvalue weighted by molar-refractivity contribution is 7.89. The van der Waals surface area contributed by atoms with E-state index in [2.05, 4.69) is 20.9 Å². The first kappa shape index (κ1) is 37.8. The van der Waals surface area contributed by atoms with Gasteiger partial charge in [-0.2, -0.15) is 4.31 Å². The monoisotopic (exact) mass is 751 g/mol. The third-order valence-corrected chi connectivity index (χ3v) is 11.9. The van der Waals surface area contributed by atoms with Gasteiger partial charge in [0.1, 0.15) is 17.7 Å². The van der Waals surface area contributed by atoms with Gasteiger partial charge in [0.2, 0.25) is 10.0 Å². The second-order valence-corrected chi connectivity index (χ2v) is 17.4. The van der Waals surface area contributed by atoms with Gasteiger partial charge in [-0.1, -0.05) is 39.0 Å².